The Balaban J connectivity index is 1.92. The third-order valence-corrected chi connectivity index (χ3v) is 2.61. The van der Waals surface area contributed by atoms with Gasteiger partial charge in [0.1, 0.15) is 0 Å². The van der Waals surface area contributed by atoms with Gasteiger partial charge in [-0.3, -0.25) is 9.99 Å². The lowest BCUT2D eigenvalue weighted by atomic mass is 10.3. The Hall–Kier alpha value is -1.53. The van der Waals surface area contributed by atoms with Crippen LogP contribution < -0.4 is 10.4 Å². The molecule has 0 aliphatic rings. The summed E-state index contributed by atoms with van der Waals surface area (Å²) in [5.41, 5.74) is 4.12. The molecule has 88 valence electrons. The topological polar surface area (TPSA) is 53.9 Å². The van der Waals surface area contributed by atoms with E-state index in [1.807, 2.05) is 19.2 Å². The summed E-state index contributed by atoms with van der Waals surface area (Å²) in [5.74, 6) is 0.629. The fraction of sp³-hybridized carbons (Fsp3) is 0.182. The molecule has 0 atom stereocenters. The van der Waals surface area contributed by atoms with Gasteiger partial charge in [0.05, 0.1) is 12.2 Å². The number of nitrogens with zero attached hydrogens (tertiary/aromatic N) is 4. The number of pyridine rings is 1. The molecule has 0 spiro atoms. The van der Waals surface area contributed by atoms with Gasteiger partial charge < -0.3 is 0 Å². The standard InChI is InChI=1S/C11H12BrN5/c1-17(11-13-5-2-6-14-11)16-8-10-4-3-9(12)7-15-10/h2-7,16H,8H2,1H3. The van der Waals surface area contributed by atoms with Crippen molar-refractivity contribution in [3.05, 3.63) is 47.0 Å². The molecule has 0 radical (unpaired) electrons. The van der Waals surface area contributed by atoms with E-state index >= 15 is 0 Å². The molecular formula is C11H12BrN5. The first-order valence-electron chi connectivity index (χ1n) is 5.10. The summed E-state index contributed by atoms with van der Waals surface area (Å²) in [6, 6.07) is 5.70. The predicted octanol–water partition coefficient (Wildman–Crippen LogP) is 1.78. The molecule has 0 aromatic carbocycles. The van der Waals surface area contributed by atoms with Crippen molar-refractivity contribution >= 4 is 21.9 Å². The van der Waals surface area contributed by atoms with E-state index in [9.17, 15) is 0 Å². The van der Waals surface area contributed by atoms with E-state index in [0.29, 0.717) is 12.5 Å². The predicted molar refractivity (Wildman–Crippen MR) is 69.2 cm³/mol. The summed E-state index contributed by atoms with van der Waals surface area (Å²) in [5, 5.41) is 1.77. The lowest BCUT2D eigenvalue weighted by molar-refractivity contribution is 0.648. The van der Waals surface area contributed by atoms with E-state index < -0.39 is 0 Å². The molecule has 0 unspecified atom stereocenters. The summed E-state index contributed by atoms with van der Waals surface area (Å²) in [6.45, 7) is 0.627. The number of nitrogens with one attached hydrogen (secondary N) is 1. The van der Waals surface area contributed by atoms with Gasteiger partial charge in [-0.2, -0.15) is 0 Å². The monoisotopic (exact) mass is 293 g/mol. The Labute approximate surface area is 108 Å². The molecule has 2 heterocycles. The summed E-state index contributed by atoms with van der Waals surface area (Å²) in [7, 11) is 1.87. The van der Waals surface area contributed by atoms with Gasteiger partial charge in [0, 0.05) is 30.1 Å². The van der Waals surface area contributed by atoms with Crippen molar-refractivity contribution in [1.82, 2.24) is 20.4 Å². The molecule has 2 rings (SSSR count). The molecule has 0 saturated heterocycles. The number of hydrazine groups is 1. The van der Waals surface area contributed by atoms with Crippen LogP contribution in [0.2, 0.25) is 0 Å². The van der Waals surface area contributed by atoms with Crippen LogP contribution in [0, 0.1) is 0 Å². The summed E-state index contributed by atoms with van der Waals surface area (Å²) in [6.07, 6.45) is 5.19. The number of halogens is 1. The fourth-order valence-corrected chi connectivity index (χ4v) is 1.48. The van der Waals surface area contributed by atoms with Crippen LogP contribution >= 0.6 is 15.9 Å². The normalized spacial score (nSPS) is 10.2. The Bertz CT molecular complexity index is 459. The average Bonchev–Trinajstić information content (AvgIpc) is 2.39. The lowest BCUT2D eigenvalue weighted by Gasteiger charge is -2.17. The Morgan fingerprint density at radius 2 is 2.00 bits per heavy atom. The molecule has 0 aliphatic heterocycles. The second-order valence-electron chi connectivity index (χ2n) is 3.41. The third-order valence-electron chi connectivity index (χ3n) is 2.14. The van der Waals surface area contributed by atoms with Gasteiger partial charge in [-0.1, -0.05) is 0 Å². The Kier molecular flexibility index (Phi) is 4.00. The van der Waals surface area contributed by atoms with E-state index in [1.165, 1.54) is 0 Å². The first kappa shape index (κ1) is 11.9. The molecule has 2 aromatic rings. The van der Waals surface area contributed by atoms with Crippen molar-refractivity contribution in [1.29, 1.82) is 0 Å². The maximum absolute atomic E-state index is 4.27. The maximum Gasteiger partial charge on any atom is 0.239 e. The molecule has 1 N–H and O–H groups in total. The summed E-state index contributed by atoms with van der Waals surface area (Å²) >= 11 is 3.35. The fourth-order valence-electron chi connectivity index (χ4n) is 1.25. The number of hydrogen-bond donors (Lipinski definition) is 1. The number of rotatable bonds is 4. The van der Waals surface area contributed by atoms with E-state index in [0.717, 1.165) is 10.2 Å². The number of anilines is 1. The van der Waals surface area contributed by atoms with Crippen molar-refractivity contribution in [3.63, 3.8) is 0 Å². The SMILES string of the molecule is CN(NCc1ccc(Br)cn1)c1ncccn1. The first-order chi connectivity index (χ1) is 8.25. The van der Waals surface area contributed by atoms with Gasteiger partial charge in [-0.05, 0) is 34.1 Å². The second kappa shape index (κ2) is 5.70. The Morgan fingerprint density at radius 3 is 2.65 bits per heavy atom. The van der Waals surface area contributed by atoms with Crippen LogP contribution in [0.3, 0.4) is 0 Å². The molecule has 17 heavy (non-hydrogen) atoms. The smallest absolute Gasteiger partial charge is 0.239 e. The van der Waals surface area contributed by atoms with Crippen LogP contribution in [-0.4, -0.2) is 22.0 Å². The zero-order valence-electron chi connectivity index (χ0n) is 9.34. The lowest BCUT2D eigenvalue weighted by Crippen LogP contribution is -2.35. The summed E-state index contributed by atoms with van der Waals surface area (Å²) < 4.78 is 0.973. The van der Waals surface area contributed by atoms with Crippen LogP contribution in [0.5, 0.6) is 0 Å². The highest BCUT2D eigenvalue weighted by atomic mass is 79.9. The summed E-state index contributed by atoms with van der Waals surface area (Å²) in [4.78, 5) is 12.5. The molecule has 0 fully saturated rings. The third kappa shape index (κ3) is 3.47. The van der Waals surface area contributed by atoms with Crippen LogP contribution in [0.1, 0.15) is 5.69 Å². The van der Waals surface area contributed by atoms with Crippen LogP contribution in [-0.2, 0) is 6.54 Å². The van der Waals surface area contributed by atoms with Gasteiger partial charge in [0.2, 0.25) is 5.95 Å². The molecule has 6 heteroatoms. The van der Waals surface area contributed by atoms with Crippen molar-refractivity contribution < 1.29 is 0 Å². The maximum atomic E-state index is 4.27. The van der Waals surface area contributed by atoms with Crippen molar-refractivity contribution in [2.45, 2.75) is 6.54 Å². The van der Waals surface area contributed by atoms with Crippen LogP contribution in [0.15, 0.2) is 41.3 Å². The van der Waals surface area contributed by atoms with Gasteiger partial charge in [-0.15, -0.1) is 0 Å². The molecule has 0 bridgehead atoms. The van der Waals surface area contributed by atoms with Gasteiger partial charge in [0.15, 0.2) is 0 Å². The van der Waals surface area contributed by atoms with Gasteiger partial charge >= 0.3 is 0 Å². The highest BCUT2D eigenvalue weighted by Gasteiger charge is 2.02. The quantitative estimate of drug-likeness (QED) is 0.871. The molecule has 5 nitrogen and oxygen atoms in total. The minimum atomic E-state index is 0.627. The second-order valence-corrected chi connectivity index (χ2v) is 4.33. The molecule has 2 aromatic heterocycles. The first-order valence-corrected chi connectivity index (χ1v) is 5.89. The zero-order valence-corrected chi connectivity index (χ0v) is 10.9. The van der Waals surface area contributed by atoms with E-state index in [1.54, 1.807) is 29.7 Å². The van der Waals surface area contributed by atoms with Gasteiger partial charge in [-0.25, -0.2) is 15.4 Å². The molecular weight excluding hydrogens is 282 g/mol. The van der Waals surface area contributed by atoms with Crippen molar-refractivity contribution in [3.8, 4) is 0 Å². The molecule has 0 amide bonds. The van der Waals surface area contributed by atoms with Crippen LogP contribution in [0.25, 0.3) is 0 Å². The zero-order chi connectivity index (χ0) is 12.1. The minimum absolute atomic E-state index is 0.627. The Morgan fingerprint density at radius 1 is 1.24 bits per heavy atom. The minimum Gasteiger partial charge on any atom is -0.279 e. The average molecular weight is 294 g/mol. The van der Waals surface area contributed by atoms with E-state index in [-0.39, 0.29) is 0 Å². The van der Waals surface area contributed by atoms with Crippen molar-refractivity contribution in [2.75, 3.05) is 12.1 Å². The van der Waals surface area contributed by atoms with Crippen LogP contribution in [0.4, 0.5) is 5.95 Å². The molecule has 0 aliphatic carbocycles. The number of aromatic nitrogens is 3. The van der Waals surface area contributed by atoms with Gasteiger partial charge in [0.25, 0.3) is 0 Å². The highest BCUT2D eigenvalue weighted by Crippen LogP contribution is 2.07. The van der Waals surface area contributed by atoms with Crippen molar-refractivity contribution in [2.24, 2.45) is 0 Å². The van der Waals surface area contributed by atoms with E-state index in [2.05, 4.69) is 36.3 Å². The highest BCUT2D eigenvalue weighted by molar-refractivity contribution is 9.10. The van der Waals surface area contributed by atoms with E-state index in [4.69, 9.17) is 0 Å². The molecule has 0 saturated carbocycles. The largest absolute Gasteiger partial charge is 0.279 e. The number of hydrogen-bond acceptors (Lipinski definition) is 5.